The Bertz CT molecular complexity index is 1470. The normalized spacial score (nSPS) is 18.9. The Morgan fingerprint density at radius 1 is 1.16 bits per heavy atom. The first-order valence-electron chi connectivity index (χ1n) is 15.2. The van der Waals surface area contributed by atoms with Crippen LogP contribution in [0.4, 0.5) is 16.2 Å². The molecule has 2 aliphatic rings. The summed E-state index contributed by atoms with van der Waals surface area (Å²) in [6.07, 6.45) is 0.720. The van der Waals surface area contributed by atoms with E-state index in [4.69, 9.17) is 13.9 Å². The van der Waals surface area contributed by atoms with Gasteiger partial charge < -0.3 is 34.5 Å². The predicted octanol–water partition coefficient (Wildman–Crippen LogP) is 5.61. The van der Waals surface area contributed by atoms with Crippen LogP contribution in [0.5, 0.6) is 11.5 Å². The van der Waals surface area contributed by atoms with Crippen molar-refractivity contribution in [2.75, 3.05) is 30.9 Å². The van der Waals surface area contributed by atoms with Crippen LogP contribution in [0.3, 0.4) is 0 Å². The third-order valence-corrected chi connectivity index (χ3v) is 13.4. The minimum atomic E-state index is -2.51. The van der Waals surface area contributed by atoms with Gasteiger partial charge in [-0.2, -0.15) is 0 Å². The number of carbonyl (C=O) groups excluding carboxylic acids is 3. The molecule has 0 spiro atoms. The number of benzene rings is 2. The molecule has 2 aromatic rings. The fourth-order valence-corrected chi connectivity index (χ4v) is 6.27. The van der Waals surface area contributed by atoms with Crippen molar-refractivity contribution in [2.24, 2.45) is 0 Å². The summed E-state index contributed by atoms with van der Waals surface area (Å²) in [5, 5.41) is 16.6. The molecule has 0 saturated heterocycles. The Morgan fingerprint density at radius 3 is 2.42 bits per heavy atom. The molecule has 0 aliphatic carbocycles. The standard InChI is InChI=1S/C33H46N4O7Si/c1-20-14-26-31(44-45(8,9)33(3,4)5)37(25-16-27(38)29(42-7)15-24(25)30(40)36(26)18-20)32(41)43-19-22-10-12-23(13-11-22)35-17-28(39)21(2)34-6/h10-13,15-16,18,21,26,31,34-35,38H,14,17,19H2,1-9H3/t21-,26-,31-/m0/s1. The quantitative estimate of drug-likeness (QED) is 0.284. The number of hydrogen-bond acceptors (Lipinski definition) is 9. The number of nitrogens with zero attached hydrogens (tertiary/aromatic N) is 2. The van der Waals surface area contributed by atoms with E-state index in [-0.39, 0.29) is 58.7 Å². The second-order valence-electron chi connectivity index (χ2n) is 13.2. The zero-order chi connectivity index (χ0) is 33.3. The fraction of sp³-hybridized carbons (Fsp3) is 0.485. The highest BCUT2D eigenvalue weighted by atomic mass is 28.4. The summed E-state index contributed by atoms with van der Waals surface area (Å²) in [6, 6.07) is 9.33. The monoisotopic (exact) mass is 638 g/mol. The van der Waals surface area contributed by atoms with Crippen molar-refractivity contribution in [3.05, 3.63) is 59.3 Å². The number of phenolic OH excluding ortho intramolecular Hbond substituents is 1. The lowest BCUT2D eigenvalue weighted by Gasteiger charge is -2.44. The molecule has 2 aliphatic heterocycles. The van der Waals surface area contributed by atoms with Crippen molar-refractivity contribution < 1.29 is 33.4 Å². The maximum atomic E-state index is 14.1. The lowest BCUT2D eigenvalue weighted by Crippen LogP contribution is -2.57. The van der Waals surface area contributed by atoms with Crippen molar-refractivity contribution in [3.8, 4) is 11.5 Å². The molecule has 45 heavy (non-hydrogen) atoms. The fourth-order valence-electron chi connectivity index (χ4n) is 5.05. The highest BCUT2D eigenvalue weighted by molar-refractivity contribution is 6.74. The number of carbonyl (C=O) groups is 3. The summed E-state index contributed by atoms with van der Waals surface area (Å²) in [5.41, 5.74) is 2.85. The van der Waals surface area contributed by atoms with Gasteiger partial charge in [0.1, 0.15) is 6.61 Å². The average Bonchev–Trinajstić information content (AvgIpc) is 3.35. The molecule has 3 atom stereocenters. The van der Waals surface area contributed by atoms with Crippen molar-refractivity contribution in [1.82, 2.24) is 10.2 Å². The van der Waals surface area contributed by atoms with Crippen molar-refractivity contribution in [1.29, 1.82) is 0 Å². The number of aromatic hydroxyl groups is 1. The highest BCUT2D eigenvalue weighted by Crippen LogP contribution is 2.45. The number of rotatable bonds is 10. The number of fused-ring (bicyclic) bond motifs is 2. The molecule has 4 rings (SSSR count). The number of phenols is 1. The molecule has 0 bridgehead atoms. The van der Waals surface area contributed by atoms with Crippen LogP contribution in [0.2, 0.25) is 18.1 Å². The lowest BCUT2D eigenvalue weighted by molar-refractivity contribution is -0.118. The first kappa shape index (κ1) is 34.0. The molecule has 2 aromatic carbocycles. The van der Waals surface area contributed by atoms with Crippen LogP contribution in [-0.4, -0.2) is 75.1 Å². The van der Waals surface area contributed by atoms with Gasteiger partial charge in [-0.1, -0.05) is 38.5 Å². The van der Waals surface area contributed by atoms with Crippen LogP contribution in [0.1, 0.15) is 57.0 Å². The van der Waals surface area contributed by atoms with Gasteiger partial charge in [0.25, 0.3) is 5.91 Å². The van der Waals surface area contributed by atoms with Gasteiger partial charge in [0.05, 0.1) is 37.0 Å². The van der Waals surface area contributed by atoms with Gasteiger partial charge >= 0.3 is 6.09 Å². The molecule has 0 saturated carbocycles. The number of ether oxygens (including phenoxy) is 2. The molecular formula is C33H46N4O7Si. The number of likely N-dealkylation sites (N-methyl/N-ethyl adjacent to an activating group) is 1. The average molecular weight is 639 g/mol. The molecule has 2 amide bonds. The summed E-state index contributed by atoms with van der Waals surface area (Å²) < 4.78 is 18.1. The summed E-state index contributed by atoms with van der Waals surface area (Å²) in [7, 11) is 0.634. The number of hydrogen-bond donors (Lipinski definition) is 3. The molecule has 11 nitrogen and oxygen atoms in total. The van der Waals surface area contributed by atoms with E-state index in [1.165, 1.54) is 24.1 Å². The van der Waals surface area contributed by atoms with E-state index in [1.807, 2.05) is 38.1 Å². The summed E-state index contributed by atoms with van der Waals surface area (Å²) in [5.74, 6) is -0.384. The van der Waals surface area contributed by atoms with Gasteiger partial charge in [-0.3, -0.25) is 9.59 Å². The summed E-state index contributed by atoms with van der Waals surface area (Å²) >= 11 is 0. The number of nitrogens with one attached hydrogen (secondary N) is 2. The Morgan fingerprint density at radius 2 is 1.82 bits per heavy atom. The molecule has 0 aromatic heterocycles. The molecule has 0 radical (unpaired) electrons. The predicted molar refractivity (Wildman–Crippen MR) is 176 cm³/mol. The molecule has 0 unspecified atom stereocenters. The Labute approximate surface area is 266 Å². The lowest BCUT2D eigenvalue weighted by atomic mass is 10.1. The van der Waals surface area contributed by atoms with Crippen molar-refractivity contribution >= 4 is 37.5 Å². The van der Waals surface area contributed by atoms with E-state index in [1.54, 1.807) is 18.1 Å². The molecular weight excluding hydrogens is 592 g/mol. The smallest absolute Gasteiger partial charge is 0.416 e. The zero-order valence-electron chi connectivity index (χ0n) is 27.7. The third kappa shape index (κ3) is 7.18. The van der Waals surface area contributed by atoms with Crippen molar-refractivity contribution in [2.45, 2.75) is 84.1 Å². The number of Topliss-reactive ketones (excluding diaryl/α,β-unsaturated/α-hetero) is 1. The van der Waals surface area contributed by atoms with E-state index < -0.39 is 26.7 Å². The summed E-state index contributed by atoms with van der Waals surface area (Å²) in [4.78, 5) is 43.3. The number of anilines is 2. The maximum absolute atomic E-state index is 14.1. The van der Waals surface area contributed by atoms with Gasteiger partial charge in [-0.05, 0) is 69.2 Å². The van der Waals surface area contributed by atoms with E-state index in [0.29, 0.717) is 6.42 Å². The number of methoxy groups -OCH3 is 1. The first-order valence-corrected chi connectivity index (χ1v) is 18.1. The number of ketones is 1. The minimum absolute atomic E-state index is 0.0380. The first-order chi connectivity index (χ1) is 21.1. The largest absolute Gasteiger partial charge is 0.504 e. The van der Waals surface area contributed by atoms with Crippen molar-refractivity contribution in [3.63, 3.8) is 0 Å². The van der Waals surface area contributed by atoms with Crippen LogP contribution in [0.25, 0.3) is 0 Å². The molecule has 12 heteroatoms. The van der Waals surface area contributed by atoms with Gasteiger partial charge in [0.2, 0.25) is 0 Å². The third-order valence-electron chi connectivity index (χ3n) is 8.97. The number of amides is 2. The molecule has 244 valence electrons. The van der Waals surface area contributed by atoms with Gasteiger partial charge in [-0.25, -0.2) is 9.69 Å². The molecule has 0 fully saturated rings. The summed E-state index contributed by atoms with van der Waals surface area (Å²) in [6.45, 7) is 14.4. The second kappa shape index (κ2) is 13.2. The van der Waals surface area contributed by atoms with E-state index in [2.05, 4.69) is 44.5 Å². The Balaban J connectivity index is 1.67. The van der Waals surface area contributed by atoms with Gasteiger partial charge in [0, 0.05) is 18.0 Å². The van der Waals surface area contributed by atoms with Crippen LogP contribution in [0.15, 0.2) is 48.2 Å². The van der Waals surface area contributed by atoms with Gasteiger partial charge in [-0.15, -0.1) is 0 Å². The van der Waals surface area contributed by atoms with E-state index in [9.17, 15) is 19.5 Å². The van der Waals surface area contributed by atoms with Gasteiger partial charge in [0.15, 0.2) is 31.8 Å². The minimum Gasteiger partial charge on any atom is -0.504 e. The van der Waals surface area contributed by atoms with Crippen LogP contribution in [-0.2, 0) is 20.6 Å². The van der Waals surface area contributed by atoms with E-state index in [0.717, 1.165) is 16.8 Å². The molecule has 2 heterocycles. The Hall–Kier alpha value is -3.87. The maximum Gasteiger partial charge on any atom is 0.416 e. The highest BCUT2D eigenvalue weighted by Gasteiger charge is 2.50. The zero-order valence-corrected chi connectivity index (χ0v) is 28.7. The second-order valence-corrected chi connectivity index (χ2v) is 18.0. The molecule has 3 N–H and O–H groups in total. The van der Waals surface area contributed by atoms with E-state index >= 15 is 0 Å². The topological polar surface area (TPSA) is 130 Å². The van der Waals surface area contributed by atoms with Crippen LogP contribution >= 0.6 is 0 Å². The SMILES string of the molecule is CN[C@@H](C)C(=O)CNc1ccc(COC(=O)N2c3cc(O)c(OC)cc3C(=O)N3C=C(C)C[C@H]3[C@@H]2O[Si](C)(C)C(C)(C)C)cc1. The van der Waals surface area contributed by atoms with Crippen LogP contribution < -0.4 is 20.3 Å². The van der Waals surface area contributed by atoms with Crippen LogP contribution in [0, 0.1) is 0 Å². The Kier molecular flexibility index (Phi) is 10.0.